The van der Waals surface area contributed by atoms with Gasteiger partial charge in [0, 0.05) is 42.0 Å². The lowest BCUT2D eigenvalue weighted by atomic mass is 10.2. The van der Waals surface area contributed by atoms with E-state index in [1.54, 1.807) is 37.2 Å². The molecule has 3 rings (SSSR count). The van der Waals surface area contributed by atoms with Crippen molar-refractivity contribution in [3.63, 3.8) is 0 Å². The van der Waals surface area contributed by atoms with Crippen LogP contribution in [0.1, 0.15) is 23.3 Å². The molecule has 1 fully saturated rings. The standard InChI is InChI=1S/C17H20ClN3O3S2/c1-11-14(18)4-3-5-15(11)26(23,24)20-17-19-10-13(25-17)8-9-21(2)16(22)12-6-7-12/h3-5,10,12H,6-9H2,1-2H3,(H,19,20). The third kappa shape index (κ3) is 4.36. The van der Waals surface area contributed by atoms with Gasteiger partial charge in [-0.3, -0.25) is 9.52 Å². The summed E-state index contributed by atoms with van der Waals surface area (Å²) in [7, 11) is -1.95. The minimum Gasteiger partial charge on any atom is -0.345 e. The maximum absolute atomic E-state index is 12.6. The molecule has 0 unspecified atom stereocenters. The number of sulfonamides is 1. The summed E-state index contributed by atoms with van der Waals surface area (Å²) < 4.78 is 27.6. The molecule has 26 heavy (non-hydrogen) atoms. The molecule has 1 saturated carbocycles. The first kappa shape index (κ1) is 19.1. The molecule has 0 atom stereocenters. The Hall–Kier alpha value is -1.64. The average molecular weight is 414 g/mol. The van der Waals surface area contributed by atoms with Crippen LogP contribution in [0.4, 0.5) is 5.13 Å². The summed E-state index contributed by atoms with van der Waals surface area (Å²) in [6, 6.07) is 4.76. The Kier molecular flexibility index (Phi) is 5.55. The third-order valence-electron chi connectivity index (χ3n) is 4.28. The number of nitrogens with one attached hydrogen (secondary N) is 1. The van der Waals surface area contributed by atoms with Crippen LogP contribution in [0, 0.1) is 12.8 Å². The van der Waals surface area contributed by atoms with Gasteiger partial charge in [0.2, 0.25) is 5.91 Å². The van der Waals surface area contributed by atoms with Gasteiger partial charge in [0.05, 0.1) is 4.90 Å². The van der Waals surface area contributed by atoms with Crippen molar-refractivity contribution in [2.45, 2.75) is 31.1 Å². The quantitative estimate of drug-likeness (QED) is 0.755. The van der Waals surface area contributed by atoms with Crippen LogP contribution >= 0.6 is 22.9 Å². The van der Waals surface area contributed by atoms with Crippen LogP contribution in [0.15, 0.2) is 29.3 Å². The molecule has 1 heterocycles. The van der Waals surface area contributed by atoms with E-state index in [9.17, 15) is 13.2 Å². The number of thiazole rings is 1. The maximum Gasteiger partial charge on any atom is 0.263 e. The van der Waals surface area contributed by atoms with Crippen molar-refractivity contribution < 1.29 is 13.2 Å². The van der Waals surface area contributed by atoms with Crippen molar-refractivity contribution in [3.8, 4) is 0 Å². The first-order valence-corrected chi connectivity index (χ1v) is 10.9. The second kappa shape index (κ2) is 7.54. The highest BCUT2D eigenvalue weighted by Crippen LogP contribution is 2.31. The second-order valence-corrected chi connectivity index (χ2v) is 9.56. The highest BCUT2D eigenvalue weighted by molar-refractivity contribution is 7.93. The molecule has 0 aliphatic heterocycles. The molecule has 1 aliphatic carbocycles. The largest absolute Gasteiger partial charge is 0.345 e. The van der Waals surface area contributed by atoms with Gasteiger partial charge in [-0.25, -0.2) is 13.4 Å². The summed E-state index contributed by atoms with van der Waals surface area (Å²) in [4.78, 5) is 18.9. The topological polar surface area (TPSA) is 79.4 Å². The van der Waals surface area contributed by atoms with Crippen LogP contribution in [-0.2, 0) is 21.2 Å². The van der Waals surface area contributed by atoms with Crippen LogP contribution in [0.25, 0.3) is 0 Å². The lowest BCUT2D eigenvalue weighted by Crippen LogP contribution is -2.29. The van der Waals surface area contributed by atoms with Crippen molar-refractivity contribution in [3.05, 3.63) is 39.9 Å². The molecule has 0 bridgehead atoms. The van der Waals surface area contributed by atoms with E-state index in [1.165, 1.54) is 17.4 Å². The van der Waals surface area contributed by atoms with E-state index in [1.807, 2.05) is 0 Å². The molecule has 140 valence electrons. The molecule has 6 nitrogen and oxygen atoms in total. The molecule has 1 aromatic heterocycles. The zero-order chi connectivity index (χ0) is 18.9. The van der Waals surface area contributed by atoms with Crippen molar-refractivity contribution in [2.75, 3.05) is 18.3 Å². The fourth-order valence-electron chi connectivity index (χ4n) is 2.55. The average Bonchev–Trinajstić information content (AvgIpc) is 3.35. The van der Waals surface area contributed by atoms with Crippen molar-refractivity contribution in [1.82, 2.24) is 9.88 Å². The third-order valence-corrected chi connectivity index (χ3v) is 7.27. The highest BCUT2D eigenvalue weighted by Gasteiger charge is 2.31. The first-order valence-electron chi connectivity index (χ1n) is 8.25. The van der Waals surface area contributed by atoms with E-state index in [2.05, 4.69) is 9.71 Å². The lowest BCUT2D eigenvalue weighted by Gasteiger charge is -2.15. The lowest BCUT2D eigenvalue weighted by molar-refractivity contribution is -0.131. The SMILES string of the molecule is Cc1c(Cl)cccc1S(=O)(=O)Nc1ncc(CCN(C)C(=O)C2CC2)s1. The van der Waals surface area contributed by atoms with Crippen LogP contribution in [0.2, 0.25) is 5.02 Å². The van der Waals surface area contributed by atoms with Gasteiger partial charge >= 0.3 is 0 Å². The van der Waals surface area contributed by atoms with Crippen molar-refractivity contribution >= 4 is 44.0 Å². The number of rotatable bonds is 7. The Balaban J connectivity index is 1.64. The number of carbonyl (C=O) groups is 1. The molecule has 2 aromatic rings. The number of nitrogens with zero attached hydrogens (tertiary/aromatic N) is 2. The van der Waals surface area contributed by atoms with E-state index < -0.39 is 10.0 Å². The molecule has 9 heteroatoms. The summed E-state index contributed by atoms with van der Waals surface area (Å²) in [5.41, 5.74) is 0.499. The van der Waals surface area contributed by atoms with Crippen molar-refractivity contribution in [1.29, 1.82) is 0 Å². The molecule has 1 amide bonds. The van der Waals surface area contributed by atoms with E-state index >= 15 is 0 Å². The Labute approximate surface area is 162 Å². The Bertz CT molecular complexity index is 923. The number of halogens is 1. The zero-order valence-corrected chi connectivity index (χ0v) is 16.9. The summed E-state index contributed by atoms with van der Waals surface area (Å²) >= 11 is 7.28. The summed E-state index contributed by atoms with van der Waals surface area (Å²) in [6.45, 7) is 2.26. The summed E-state index contributed by atoms with van der Waals surface area (Å²) in [5.74, 6) is 0.386. The van der Waals surface area contributed by atoms with Crippen molar-refractivity contribution in [2.24, 2.45) is 5.92 Å². The number of benzene rings is 1. The Morgan fingerprint density at radius 2 is 2.15 bits per heavy atom. The molecular formula is C17H20ClN3O3S2. The highest BCUT2D eigenvalue weighted by atomic mass is 35.5. The van der Waals surface area contributed by atoms with E-state index in [0.29, 0.717) is 28.7 Å². The molecule has 0 spiro atoms. The molecular weight excluding hydrogens is 394 g/mol. The number of likely N-dealkylation sites (N-methyl/N-ethyl adjacent to an activating group) is 1. The summed E-state index contributed by atoms with van der Waals surface area (Å²) in [6.07, 6.45) is 4.25. The first-order chi connectivity index (χ1) is 12.3. The van der Waals surface area contributed by atoms with Crippen LogP contribution in [0.5, 0.6) is 0 Å². The van der Waals surface area contributed by atoms with E-state index in [4.69, 9.17) is 11.6 Å². The maximum atomic E-state index is 12.6. The minimum atomic E-state index is -3.75. The normalized spacial score (nSPS) is 14.3. The summed E-state index contributed by atoms with van der Waals surface area (Å²) in [5, 5.41) is 0.701. The smallest absolute Gasteiger partial charge is 0.263 e. The molecule has 0 saturated heterocycles. The van der Waals surface area contributed by atoms with Gasteiger partial charge in [0.15, 0.2) is 5.13 Å². The molecule has 1 N–H and O–H groups in total. The number of anilines is 1. The number of carbonyl (C=O) groups excluding carboxylic acids is 1. The van der Waals surface area contributed by atoms with Gasteiger partial charge in [-0.1, -0.05) is 17.7 Å². The predicted octanol–water partition coefficient (Wildman–Crippen LogP) is 3.32. The minimum absolute atomic E-state index is 0.136. The van der Waals surface area contributed by atoms with Crippen LogP contribution in [0.3, 0.4) is 0 Å². The Morgan fingerprint density at radius 1 is 1.42 bits per heavy atom. The van der Waals surface area contributed by atoms with Crippen LogP contribution < -0.4 is 4.72 Å². The molecule has 1 aliphatic rings. The second-order valence-electron chi connectivity index (χ2n) is 6.38. The monoisotopic (exact) mass is 413 g/mol. The van der Waals surface area contributed by atoms with Gasteiger partial charge in [-0.15, -0.1) is 11.3 Å². The number of aromatic nitrogens is 1. The number of hydrogen-bond acceptors (Lipinski definition) is 5. The van der Waals surface area contributed by atoms with Gasteiger partial charge in [-0.2, -0.15) is 0 Å². The van der Waals surface area contributed by atoms with Crippen LogP contribution in [-0.4, -0.2) is 37.8 Å². The zero-order valence-electron chi connectivity index (χ0n) is 14.5. The van der Waals surface area contributed by atoms with Gasteiger partial charge < -0.3 is 4.90 Å². The van der Waals surface area contributed by atoms with E-state index in [-0.39, 0.29) is 16.7 Å². The fraction of sp³-hybridized carbons (Fsp3) is 0.412. The predicted molar refractivity (Wildman–Crippen MR) is 103 cm³/mol. The van der Waals surface area contributed by atoms with Gasteiger partial charge in [-0.05, 0) is 37.5 Å². The number of amides is 1. The van der Waals surface area contributed by atoms with E-state index in [0.717, 1.165) is 17.7 Å². The Morgan fingerprint density at radius 3 is 2.85 bits per heavy atom. The molecule has 0 radical (unpaired) electrons. The van der Waals surface area contributed by atoms with Gasteiger partial charge in [0.25, 0.3) is 10.0 Å². The number of hydrogen-bond donors (Lipinski definition) is 1. The van der Waals surface area contributed by atoms with Gasteiger partial charge in [0.1, 0.15) is 0 Å². The molecule has 1 aromatic carbocycles. The fourth-order valence-corrected chi connectivity index (χ4v) is 5.09.